The molecule has 1 heterocycles. The molecule has 4 N–H and O–H groups in total. The third kappa shape index (κ3) is 7.04. The molecule has 2 aromatic rings. The monoisotopic (exact) mass is 428 g/mol. The first-order valence-corrected chi connectivity index (χ1v) is 10.4. The van der Waals surface area contributed by atoms with Gasteiger partial charge in [0.25, 0.3) is 0 Å². The molecule has 8 heteroatoms. The molecule has 0 spiro atoms. The lowest BCUT2D eigenvalue weighted by Gasteiger charge is -2.17. The van der Waals surface area contributed by atoms with Crippen LogP contribution >= 0.6 is 0 Å². The second-order valence-electron chi connectivity index (χ2n) is 7.37. The van der Waals surface area contributed by atoms with Crippen LogP contribution in [0.5, 0.6) is 5.75 Å². The van der Waals surface area contributed by atoms with Crippen molar-refractivity contribution in [2.75, 3.05) is 32.1 Å². The van der Waals surface area contributed by atoms with E-state index in [4.69, 9.17) is 14.9 Å². The Labute approximate surface area is 183 Å². The molecular weight excluding hydrogens is 396 g/mol. The van der Waals surface area contributed by atoms with Gasteiger partial charge in [-0.25, -0.2) is 9.78 Å². The van der Waals surface area contributed by atoms with Crippen molar-refractivity contribution < 1.29 is 19.4 Å². The van der Waals surface area contributed by atoms with Gasteiger partial charge in [-0.1, -0.05) is 12.1 Å². The van der Waals surface area contributed by atoms with Gasteiger partial charge in [0.2, 0.25) is 0 Å². The molecule has 168 valence electrons. The van der Waals surface area contributed by atoms with Crippen LogP contribution in [-0.2, 0) is 4.74 Å². The summed E-state index contributed by atoms with van der Waals surface area (Å²) < 4.78 is 11.0. The van der Waals surface area contributed by atoms with Gasteiger partial charge in [0.1, 0.15) is 18.2 Å². The van der Waals surface area contributed by atoms with Crippen molar-refractivity contribution >= 4 is 18.0 Å². The van der Waals surface area contributed by atoms with Crippen LogP contribution in [0.15, 0.2) is 30.3 Å². The molecule has 0 bridgehead atoms. The first-order chi connectivity index (χ1) is 14.9. The number of ether oxygens (including phenoxy) is 2. The average Bonchev–Trinajstić information content (AvgIpc) is 2.76. The van der Waals surface area contributed by atoms with Crippen LogP contribution in [0.2, 0.25) is 0 Å². The molecule has 8 nitrogen and oxygen atoms in total. The lowest BCUT2D eigenvalue weighted by molar-refractivity contribution is 0.0527. The van der Waals surface area contributed by atoms with Crippen LogP contribution in [-0.4, -0.2) is 61.2 Å². The fourth-order valence-electron chi connectivity index (χ4n) is 2.93. The molecule has 0 saturated heterocycles. The third-order valence-electron chi connectivity index (χ3n) is 4.41. The van der Waals surface area contributed by atoms with E-state index < -0.39 is 12.1 Å². The minimum atomic E-state index is -0.585. The van der Waals surface area contributed by atoms with Gasteiger partial charge >= 0.3 is 5.97 Å². The van der Waals surface area contributed by atoms with Crippen LogP contribution in [0.1, 0.15) is 43.1 Å². The first kappa shape index (κ1) is 24.3. The number of hydrogen-bond donors (Lipinski definition) is 4. The molecule has 1 atom stereocenters. The Balaban J connectivity index is 2.42. The number of carbonyl (C=O) groups excluding carboxylic acids is 1. The third-order valence-corrected chi connectivity index (χ3v) is 4.41. The van der Waals surface area contributed by atoms with Gasteiger partial charge in [0.15, 0.2) is 0 Å². The van der Waals surface area contributed by atoms with Gasteiger partial charge in [-0.05, 0) is 59.0 Å². The number of rotatable bonds is 12. The SMILES string of the molecule is CCOC(=O)c1cc(C=N)c(NC(C)C)nc1-c1cccc(OCC(O)CCNC)c1. The van der Waals surface area contributed by atoms with E-state index in [-0.39, 0.29) is 24.8 Å². The van der Waals surface area contributed by atoms with Crippen molar-refractivity contribution in [1.82, 2.24) is 10.3 Å². The van der Waals surface area contributed by atoms with E-state index in [0.717, 1.165) is 6.21 Å². The molecule has 0 amide bonds. The fraction of sp³-hybridized carbons (Fsp3) is 0.435. The predicted octanol–water partition coefficient (Wildman–Crippen LogP) is 3.09. The molecule has 1 aromatic heterocycles. The Morgan fingerprint density at radius 2 is 2.10 bits per heavy atom. The highest BCUT2D eigenvalue weighted by Crippen LogP contribution is 2.29. The number of aliphatic hydroxyl groups is 1. The summed E-state index contributed by atoms with van der Waals surface area (Å²) in [6.07, 6.45) is 1.16. The molecule has 0 aliphatic rings. The summed E-state index contributed by atoms with van der Waals surface area (Å²) in [6.45, 7) is 6.78. The van der Waals surface area contributed by atoms with Gasteiger partial charge < -0.3 is 30.6 Å². The molecular formula is C23H32N4O4. The molecule has 31 heavy (non-hydrogen) atoms. The molecule has 0 saturated carbocycles. The van der Waals surface area contributed by atoms with Crippen LogP contribution in [0, 0.1) is 5.41 Å². The second-order valence-corrected chi connectivity index (χ2v) is 7.37. The van der Waals surface area contributed by atoms with Crippen LogP contribution in [0.4, 0.5) is 5.82 Å². The Bertz CT molecular complexity index is 886. The van der Waals surface area contributed by atoms with Gasteiger partial charge in [0.05, 0.1) is 24.0 Å². The summed E-state index contributed by atoms with van der Waals surface area (Å²) in [5, 5.41) is 23.9. The maximum atomic E-state index is 12.6. The van der Waals surface area contributed by atoms with Crippen molar-refractivity contribution in [1.29, 1.82) is 5.41 Å². The van der Waals surface area contributed by atoms with Gasteiger partial charge in [-0.3, -0.25) is 0 Å². The summed E-state index contributed by atoms with van der Waals surface area (Å²) in [6, 6.07) is 8.92. The Morgan fingerprint density at radius 1 is 1.32 bits per heavy atom. The van der Waals surface area contributed by atoms with E-state index in [2.05, 4.69) is 15.6 Å². The Kier molecular flexibility index (Phi) is 9.42. The largest absolute Gasteiger partial charge is 0.491 e. The Morgan fingerprint density at radius 3 is 2.74 bits per heavy atom. The molecule has 2 rings (SSSR count). The number of pyridine rings is 1. The summed E-state index contributed by atoms with van der Waals surface area (Å²) >= 11 is 0. The number of carbonyl (C=O) groups is 1. The zero-order valence-electron chi connectivity index (χ0n) is 18.6. The van der Waals surface area contributed by atoms with E-state index in [9.17, 15) is 9.90 Å². The minimum absolute atomic E-state index is 0.0984. The van der Waals surface area contributed by atoms with Crippen molar-refractivity contribution in [3.63, 3.8) is 0 Å². The van der Waals surface area contributed by atoms with E-state index >= 15 is 0 Å². The highest BCUT2D eigenvalue weighted by molar-refractivity contribution is 5.99. The zero-order valence-corrected chi connectivity index (χ0v) is 18.6. The molecule has 0 radical (unpaired) electrons. The van der Waals surface area contributed by atoms with Crippen molar-refractivity contribution in [3.05, 3.63) is 41.5 Å². The molecule has 1 unspecified atom stereocenters. The summed E-state index contributed by atoms with van der Waals surface area (Å²) in [5.41, 5.74) is 1.89. The number of aliphatic hydroxyl groups excluding tert-OH is 1. The first-order valence-electron chi connectivity index (χ1n) is 10.4. The highest BCUT2D eigenvalue weighted by atomic mass is 16.5. The normalized spacial score (nSPS) is 11.8. The zero-order chi connectivity index (χ0) is 22.8. The van der Waals surface area contributed by atoms with E-state index in [0.29, 0.717) is 41.4 Å². The van der Waals surface area contributed by atoms with Crippen molar-refractivity contribution in [2.45, 2.75) is 39.3 Å². The number of nitrogens with one attached hydrogen (secondary N) is 3. The van der Waals surface area contributed by atoms with Crippen LogP contribution in [0.3, 0.4) is 0 Å². The lowest BCUT2D eigenvalue weighted by atomic mass is 10.0. The molecule has 1 aromatic carbocycles. The maximum Gasteiger partial charge on any atom is 0.340 e. The van der Waals surface area contributed by atoms with Gasteiger partial charge in [0, 0.05) is 23.4 Å². The minimum Gasteiger partial charge on any atom is -0.491 e. The van der Waals surface area contributed by atoms with Gasteiger partial charge in [-0.2, -0.15) is 0 Å². The summed E-state index contributed by atoms with van der Waals surface area (Å²) in [7, 11) is 1.83. The summed E-state index contributed by atoms with van der Waals surface area (Å²) in [4.78, 5) is 17.3. The maximum absolute atomic E-state index is 12.6. The average molecular weight is 429 g/mol. The number of esters is 1. The molecule has 0 aliphatic carbocycles. The topological polar surface area (TPSA) is 117 Å². The number of hydrogen-bond acceptors (Lipinski definition) is 8. The Hall–Kier alpha value is -2.97. The fourth-order valence-corrected chi connectivity index (χ4v) is 2.93. The van der Waals surface area contributed by atoms with Crippen LogP contribution < -0.4 is 15.4 Å². The van der Waals surface area contributed by atoms with Gasteiger partial charge in [-0.15, -0.1) is 0 Å². The summed E-state index contributed by atoms with van der Waals surface area (Å²) in [5.74, 6) is 0.576. The van der Waals surface area contributed by atoms with E-state index in [1.165, 1.54) is 0 Å². The second kappa shape index (κ2) is 12.0. The van der Waals surface area contributed by atoms with Crippen molar-refractivity contribution in [3.8, 4) is 17.0 Å². The number of aromatic nitrogens is 1. The van der Waals surface area contributed by atoms with Crippen LogP contribution in [0.25, 0.3) is 11.3 Å². The molecule has 0 fully saturated rings. The highest BCUT2D eigenvalue weighted by Gasteiger charge is 2.20. The smallest absolute Gasteiger partial charge is 0.340 e. The standard InChI is InChI=1S/C23H32N4O4/c1-5-30-23(29)20-12-17(13-24)22(26-15(2)3)27-21(20)16-7-6-8-19(11-16)31-14-18(28)9-10-25-4/h6-8,11-13,15,18,24-25,28H,5,9-10,14H2,1-4H3,(H,26,27). The predicted molar refractivity (Wildman–Crippen MR) is 122 cm³/mol. The quantitative estimate of drug-likeness (QED) is 0.303. The number of benzene rings is 1. The lowest BCUT2D eigenvalue weighted by Crippen LogP contribution is -2.22. The number of anilines is 1. The number of nitrogens with zero attached hydrogens (tertiary/aromatic N) is 1. The van der Waals surface area contributed by atoms with E-state index in [1.54, 1.807) is 31.2 Å². The van der Waals surface area contributed by atoms with Crippen molar-refractivity contribution in [2.24, 2.45) is 0 Å². The molecule has 0 aliphatic heterocycles. The van der Waals surface area contributed by atoms with E-state index in [1.807, 2.05) is 27.0 Å².